The zero-order chi connectivity index (χ0) is 30.2. The van der Waals surface area contributed by atoms with Crippen molar-refractivity contribution in [3.8, 4) is 0 Å². The number of rotatable bonds is 17. The van der Waals surface area contributed by atoms with E-state index in [0.717, 1.165) is 68.4 Å². The molecule has 4 N–H and O–H groups in total. The number of unbranched alkanes of at least 4 members (excludes halogenated alkanes) is 5. The van der Waals surface area contributed by atoms with Crippen molar-refractivity contribution in [2.75, 3.05) is 18.1 Å². The van der Waals surface area contributed by atoms with Gasteiger partial charge in [0.25, 0.3) is 0 Å². The van der Waals surface area contributed by atoms with E-state index in [1.807, 2.05) is 30.3 Å². The maximum absolute atomic E-state index is 12.7. The Hall–Kier alpha value is -3.54. The Kier molecular flexibility index (Phi) is 14.2. The van der Waals surface area contributed by atoms with Gasteiger partial charge < -0.3 is 20.9 Å². The smallest absolute Gasteiger partial charge is 0.338 e. The van der Waals surface area contributed by atoms with Crippen molar-refractivity contribution in [3.63, 3.8) is 0 Å². The fourth-order valence-corrected chi connectivity index (χ4v) is 5.69. The number of esters is 2. The molecule has 0 amide bonds. The van der Waals surface area contributed by atoms with Crippen molar-refractivity contribution in [3.05, 3.63) is 77.9 Å². The fourth-order valence-electron chi connectivity index (χ4n) is 5.69. The lowest BCUT2D eigenvalue weighted by atomic mass is 9.84. The van der Waals surface area contributed by atoms with Crippen LogP contribution in [0.5, 0.6) is 0 Å². The molecule has 0 saturated heterocycles. The standard InChI is InChI=1S/C36H50N2O4/c1-3-5-7-8-9-10-11-27-15-20-34(21-16-27)42-36(40)29-18-13-28(14-19-29)17-22-35(39)41-26-30(12-6-4-2)31-23-32(37)25-33(38)24-31/h3,13-14,17-19,22-25,27,30,34H,1,4-12,15-16,20-21,26,37-38H2,2H3/b22-17+. The maximum Gasteiger partial charge on any atom is 0.338 e. The fraction of sp³-hybridized carbons (Fsp3) is 0.500. The van der Waals surface area contributed by atoms with E-state index in [9.17, 15) is 9.59 Å². The number of allylic oxidation sites excluding steroid dienone is 1. The molecule has 0 radical (unpaired) electrons. The van der Waals surface area contributed by atoms with Crippen molar-refractivity contribution in [1.82, 2.24) is 0 Å². The zero-order valence-corrected chi connectivity index (χ0v) is 25.4. The molecular formula is C36H50N2O4. The molecule has 0 spiro atoms. The highest BCUT2D eigenvalue weighted by atomic mass is 16.5. The van der Waals surface area contributed by atoms with Crippen molar-refractivity contribution in [2.45, 2.75) is 102 Å². The molecule has 1 aliphatic carbocycles. The van der Waals surface area contributed by atoms with Gasteiger partial charge in [0.1, 0.15) is 6.10 Å². The van der Waals surface area contributed by atoms with Gasteiger partial charge in [0.2, 0.25) is 0 Å². The van der Waals surface area contributed by atoms with Crippen LogP contribution >= 0.6 is 0 Å². The quantitative estimate of drug-likeness (QED) is 0.0644. The van der Waals surface area contributed by atoms with E-state index in [2.05, 4.69) is 13.5 Å². The summed E-state index contributed by atoms with van der Waals surface area (Å²) in [5.74, 6) is 0.0946. The predicted molar refractivity (Wildman–Crippen MR) is 173 cm³/mol. The number of ether oxygens (including phenoxy) is 2. The first-order chi connectivity index (χ1) is 20.4. The molecule has 1 aliphatic rings. The summed E-state index contributed by atoms with van der Waals surface area (Å²) in [5.41, 5.74) is 15.5. The molecule has 0 bridgehead atoms. The molecule has 0 aliphatic heterocycles. The summed E-state index contributed by atoms with van der Waals surface area (Å²) in [6.07, 6.45) is 19.7. The van der Waals surface area contributed by atoms with E-state index in [-0.39, 0.29) is 24.6 Å². The summed E-state index contributed by atoms with van der Waals surface area (Å²) >= 11 is 0. The number of carbonyl (C=O) groups is 2. The van der Waals surface area contributed by atoms with Gasteiger partial charge in [-0.15, -0.1) is 6.58 Å². The van der Waals surface area contributed by atoms with Crippen LogP contribution in [-0.4, -0.2) is 24.6 Å². The second-order valence-corrected chi connectivity index (χ2v) is 11.7. The van der Waals surface area contributed by atoms with Gasteiger partial charge in [-0.05, 0) is 98.4 Å². The largest absolute Gasteiger partial charge is 0.462 e. The maximum atomic E-state index is 12.7. The number of hydrogen-bond acceptors (Lipinski definition) is 6. The summed E-state index contributed by atoms with van der Waals surface area (Å²) in [6, 6.07) is 12.6. The Labute approximate surface area is 252 Å². The van der Waals surface area contributed by atoms with Crippen LogP contribution in [0.15, 0.2) is 61.2 Å². The van der Waals surface area contributed by atoms with Crippen LogP contribution in [0.1, 0.15) is 118 Å². The molecule has 6 nitrogen and oxygen atoms in total. The van der Waals surface area contributed by atoms with Crippen LogP contribution in [0.4, 0.5) is 11.4 Å². The first-order valence-corrected chi connectivity index (χ1v) is 15.8. The monoisotopic (exact) mass is 574 g/mol. The molecule has 3 rings (SSSR count). The van der Waals surface area contributed by atoms with Crippen molar-refractivity contribution >= 4 is 29.4 Å². The van der Waals surface area contributed by atoms with Gasteiger partial charge in [0, 0.05) is 23.4 Å². The molecule has 1 fully saturated rings. The highest BCUT2D eigenvalue weighted by molar-refractivity contribution is 5.90. The molecule has 228 valence electrons. The van der Waals surface area contributed by atoms with Gasteiger partial charge in [-0.2, -0.15) is 0 Å². The topological polar surface area (TPSA) is 105 Å². The lowest BCUT2D eigenvalue weighted by Crippen LogP contribution is -2.24. The summed E-state index contributed by atoms with van der Waals surface area (Å²) in [4.78, 5) is 25.2. The Morgan fingerprint density at radius 1 is 0.952 bits per heavy atom. The van der Waals surface area contributed by atoms with E-state index in [1.54, 1.807) is 24.3 Å². The molecule has 0 aromatic heterocycles. The van der Waals surface area contributed by atoms with E-state index in [4.69, 9.17) is 20.9 Å². The van der Waals surface area contributed by atoms with Crippen molar-refractivity contribution in [1.29, 1.82) is 0 Å². The molecule has 6 heteroatoms. The number of hydrogen-bond donors (Lipinski definition) is 2. The van der Waals surface area contributed by atoms with Crippen molar-refractivity contribution < 1.29 is 19.1 Å². The normalized spacial score (nSPS) is 17.5. The van der Waals surface area contributed by atoms with Crippen molar-refractivity contribution in [2.24, 2.45) is 5.92 Å². The minimum absolute atomic E-state index is 0.000559. The Morgan fingerprint density at radius 3 is 2.31 bits per heavy atom. The zero-order valence-electron chi connectivity index (χ0n) is 25.4. The van der Waals surface area contributed by atoms with Crippen LogP contribution in [0.2, 0.25) is 0 Å². The van der Waals surface area contributed by atoms with Gasteiger partial charge in [-0.1, -0.05) is 63.7 Å². The minimum Gasteiger partial charge on any atom is -0.462 e. The Balaban J connectivity index is 1.40. The molecule has 2 aromatic carbocycles. The first-order valence-electron chi connectivity index (χ1n) is 15.8. The summed E-state index contributed by atoms with van der Waals surface area (Å²) in [5, 5.41) is 0. The van der Waals surface area contributed by atoms with Gasteiger partial charge in [-0.25, -0.2) is 9.59 Å². The average molecular weight is 575 g/mol. The van der Waals surface area contributed by atoms with Crippen LogP contribution in [0.25, 0.3) is 6.08 Å². The molecule has 1 unspecified atom stereocenters. The van der Waals surface area contributed by atoms with E-state index >= 15 is 0 Å². The number of benzene rings is 2. The second-order valence-electron chi connectivity index (χ2n) is 11.7. The second kappa shape index (κ2) is 18.1. The van der Waals surface area contributed by atoms with Gasteiger partial charge in [-0.3, -0.25) is 0 Å². The Morgan fingerprint density at radius 2 is 1.64 bits per heavy atom. The van der Waals surface area contributed by atoms with E-state index in [0.29, 0.717) is 16.9 Å². The number of nitrogens with two attached hydrogens (primary N) is 2. The first kappa shape index (κ1) is 33.0. The lowest BCUT2D eigenvalue weighted by molar-refractivity contribution is -0.138. The molecule has 1 atom stereocenters. The molecule has 1 saturated carbocycles. The SMILES string of the molecule is C=CCCCCCCC1CCC(OC(=O)c2ccc(/C=C/C(=O)OCC(CCCC)c3cc(N)cc(N)c3)cc2)CC1. The van der Waals surface area contributed by atoms with Crippen LogP contribution in [0, 0.1) is 5.92 Å². The van der Waals surface area contributed by atoms with E-state index < -0.39 is 5.97 Å². The summed E-state index contributed by atoms with van der Waals surface area (Å²) in [6.45, 7) is 6.17. The third kappa shape index (κ3) is 11.8. The average Bonchev–Trinajstić information content (AvgIpc) is 2.98. The molecule has 2 aromatic rings. The van der Waals surface area contributed by atoms with Gasteiger partial charge in [0.15, 0.2) is 0 Å². The predicted octanol–water partition coefficient (Wildman–Crippen LogP) is 8.62. The van der Waals surface area contributed by atoms with Crippen LogP contribution in [-0.2, 0) is 14.3 Å². The van der Waals surface area contributed by atoms with Gasteiger partial charge >= 0.3 is 11.9 Å². The molecular weight excluding hydrogens is 524 g/mol. The number of nitrogen functional groups attached to an aromatic ring is 2. The van der Waals surface area contributed by atoms with Gasteiger partial charge in [0.05, 0.1) is 12.2 Å². The third-order valence-electron chi connectivity index (χ3n) is 8.20. The Bertz CT molecular complexity index is 1130. The van der Waals surface area contributed by atoms with E-state index in [1.165, 1.54) is 38.2 Å². The van der Waals surface area contributed by atoms with Crippen LogP contribution < -0.4 is 11.5 Å². The number of anilines is 2. The number of carbonyl (C=O) groups excluding carboxylic acids is 2. The highest BCUT2D eigenvalue weighted by Gasteiger charge is 2.24. The highest BCUT2D eigenvalue weighted by Crippen LogP contribution is 2.31. The summed E-state index contributed by atoms with van der Waals surface area (Å²) in [7, 11) is 0. The summed E-state index contributed by atoms with van der Waals surface area (Å²) < 4.78 is 11.4. The molecule has 42 heavy (non-hydrogen) atoms. The molecule has 0 heterocycles. The van der Waals surface area contributed by atoms with Crippen LogP contribution in [0.3, 0.4) is 0 Å². The lowest BCUT2D eigenvalue weighted by Gasteiger charge is -2.28. The third-order valence-corrected chi connectivity index (χ3v) is 8.20. The minimum atomic E-state index is -0.417.